The number of hydrogen-bond acceptors (Lipinski definition) is 2. The fraction of sp³-hybridized carbons (Fsp3) is 0. The molecule has 0 radical (unpaired) electrons. The van der Waals surface area contributed by atoms with Crippen molar-refractivity contribution < 1.29 is 10.3 Å². The van der Waals surface area contributed by atoms with E-state index < -0.39 is 5.09 Å². The summed E-state index contributed by atoms with van der Waals surface area (Å²) in [6.45, 7) is 0. The molecule has 41 heavy (non-hydrogen) atoms. The van der Waals surface area contributed by atoms with Crippen molar-refractivity contribution in [2.45, 2.75) is 0 Å². The van der Waals surface area contributed by atoms with Crippen LogP contribution in [-0.2, 0) is 0 Å². The summed E-state index contributed by atoms with van der Waals surface area (Å²) < 4.78 is 0. The van der Waals surface area contributed by atoms with Crippen molar-refractivity contribution >= 4 is 83.8 Å². The maximum atomic E-state index is 8.36. The largest absolute Gasteiger partial charge is 0.328 e. The van der Waals surface area contributed by atoms with Crippen LogP contribution in [0.3, 0.4) is 0 Å². The van der Waals surface area contributed by atoms with Crippen molar-refractivity contribution in [1.29, 1.82) is 0 Å². The van der Waals surface area contributed by atoms with Gasteiger partial charge in [-0.1, -0.05) is 118 Å². The summed E-state index contributed by atoms with van der Waals surface area (Å²) in [5.41, 5.74) is 0. The number of benzene rings is 8. The van der Waals surface area contributed by atoms with Gasteiger partial charge in [0.25, 0.3) is 5.09 Å². The van der Waals surface area contributed by atoms with E-state index in [1.165, 1.54) is 75.2 Å². The summed E-state index contributed by atoms with van der Waals surface area (Å²) in [5, 5.41) is 32.3. The molecule has 0 aliphatic rings. The first-order valence-electron chi connectivity index (χ1n) is 13.3. The Kier molecular flexibility index (Phi) is 6.19. The van der Waals surface area contributed by atoms with Crippen molar-refractivity contribution in [3.63, 3.8) is 0 Å². The highest BCUT2D eigenvalue weighted by Crippen LogP contribution is 2.34. The lowest BCUT2D eigenvalue weighted by Crippen LogP contribution is -2.06. The molecule has 8 aromatic rings. The normalized spacial score (nSPS) is 11.3. The van der Waals surface area contributed by atoms with Gasteiger partial charge in [0, 0.05) is 0 Å². The summed E-state index contributed by atoms with van der Waals surface area (Å²) in [5.74, 6) is 0. The summed E-state index contributed by atoms with van der Waals surface area (Å²) in [6.07, 6.45) is 0. The summed E-state index contributed by atoms with van der Waals surface area (Å²) >= 11 is 0. The van der Waals surface area contributed by atoms with E-state index in [-0.39, 0.29) is 0 Å². The molecule has 4 nitrogen and oxygen atoms in total. The molecule has 8 aromatic carbocycles. The van der Waals surface area contributed by atoms with E-state index in [0.29, 0.717) is 8.58 Å². The highest BCUT2D eigenvalue weighted by Gasteiger charge is 2.12. The number of rotatable bonds is 2. The Labute approximate surface area is 237 Å². The van der Waals surface area contributed by atoms with Gasteiger partial charge in [0.05, 0.1) is 0 Å². The molecule has 0 aliphatic heterocycles. The maximum absolute atomic E-state index is 8.36. The predicted octanol–water partition coefficient (Wildman–Crippen LogP) is 8.89. The van der Waals surface area contributed by atoms with Crippen LogP contribution in [0.1, 0.15) is 0 Å². The Morgan fingerprint density at radius 1 is 0.463 bits per heavy atom. The van der Waals surface area contributed by atoms with E-state index >= 15 is 0 Å². The molecule has 0 amide bonds. The zero-order chi connectivity index (χ0) is 27.9. The lowest BCUT2D eigenvalue weighted by atomic mass is 9.98. The van der Waals surface area contributed by atoms with Crippen LogP contribution < -0.4 is 10.6 Å². The van der Waals surface area contributed by atoms with Crippen LogP contribution in [0, 0.1) is 10.1 Å². The second kappa shape index (κ2) is 10.2. The molecule has 0 fully saturated rings. The lowest BCUT2D eigenvalue weighted by molar-refractivity contribution is -0.742. The van der Waals surface area contributed by atoms with Gasteiger partial charge in [-0.25, -0.2) is 0 Å². The molecule has 1 N–H and O–H groups in total. The molecule has 0 bridgehead atoms. The van der Waals surface area contributed by atoms with Gasteiger partial charge >= 0.3 is 0 Å². The van der Waals surface area contributed by atoms with Gasteiger partial charge in [0.2, 0.25) is 0 Å². The fourth-order valence-corrected chi connectivity index (χ4v) is 7.41. The van der Waals surface area contributed by atoms with Crippen LogP contribution in [0.2, 0.25) is 0 Å². The predicted molar refractivity (Wildman–Crippen MR) is 174 cm³/mol. The van der Waals surface area contributed by atoms with E-state index in [4.69, 9.17) is 15.3 Å². The van der Waals surface area contributed by atoms with Crippen molar-refractivity contribution in [2.24, 2.45) is 0 Å². The summed E-state index contributed by atoms with van der Waals surface area (Å²) in [4.78, 5) is 8.36. The fourth-order valence-electron chi connectivity index (χ4n) is 5.96. The van der Waals surface area contributed by atoms with E-state index in [1.807, 2.05) is 0 Å². The number of hydrogen-bond donors (Lipinski definition) is 1. The van der Waals surface area contributed by atoms with Gasteiger partial charge in [-0.3, -0.25) is 0 Å². The minimum Gasteiger partial charge on any atom is -0.328 e. The highest BCUT2D eigenvalue weighted by molar-refractivity contribution is 7.56. The van der Waals surface area contributed by atoms with Crippen LogP contribution in [-0.4, -0.2) is 10.3 Å². The van der Waals surface area contributed by atoms with Gasteiger partial charge in [0.15, 0.2) is 0 Å². The van der Waals surface area contributed by atoms with Gasteiger partial charge in [-0.15, -0.1) is 10.1 Å². The van der Waals surface area contributed by atoms with Gasteiger partial charge < -0.3 is 5.21 Å². The molecule has 0 spiro atoms. The molecular formula is C36H24NO3P. The smallest absolute Gasteiger partial charge is 0.291 e. The first-order valence-corrected chi connectivity index (χ1v) is 14.3. The second-order valence-electron chi connectivity index (χ2n) is 10.1. The lowest BCUT2D eigenvalue weighted by Gasteiger charge is -2.14. The number of fused-ring (bicyclic) bond motifs is 8. The standard InChI is InChI=1S/C36H23P.HNO3/c1-3-9-27-21-31-29(19-25(27)7-1)17-15-23-11-5-13-33(35(23)31)37-34-14-6-12-24-16-18-30-20-26-8-2-4-10-28(26)22-32(30)36(24)34;2-1(3)4/h1-22,37H;(H,2,3,4). The first-order chi connectivity index (χ1) is 20.0. The van der Waals surface area contributed by atoms with Crippen molar-refractivity contribution in [3.8, 4) is 0 Å². The van der Waals surface area contributed by atoms with Crippen molar-refractivity contribution in [3.05, 3.63) is 144 Å². The maximum Gasteiger partial charge on any atom is 0.291 e. The first kappa shape index (κ1) is 25.0. The Bertz CT molecular complexity index is 2130. The van der Waals surface area contributed by atoms with Crippen LogP contribution in [0.15, 0.2) is 133 Å². The second-order valence-corrected chi connectivity index (χ2v) is 11.5. The van der Waals surface area contributed by atoms with Crippen LogP contribution in [0.5, 0.6) is 0 Å². The SMILES string of the molecule is O=[N+]([O-])O.c1ccc2cc3c(ccc4cccc(Pc5cccc6ccc7cc8ccccc8cc7c56)c43)cc2c1. The quantitative estimate of drug-likeness (QED) is 0.0770. The Morgan fingerprint density at radius 2 is 0.805 bits per heavy atom. The minimum absolute atomic E-state index is 0.565. The Morgan fingerprint density at radius 3 is 1.22 bits per heavy atom. The molecular weight excluding hydrogens is 525 g/mol. The summed E-state index contributed by atoms with van der Waals surface area (Å²) in [6, 6.07) is 49.5. The van der Waals surface area contributed by atoms with Crippen molar-refractivity contribution in [2.75, 3.05) is 0 Å². The number of nitrogens with zero attached hydrogens (tertiary/aromatic N) is 1. The highest BCUT2D eigenvalue weighted by atomic mass is 31.1. The summed E-state index contributed by atoms with van der Waals surface area (Å²) in [7, 11) is 0.565. The monoisotopic (exact) mass is 549 g/mol. The molecule has 0 saturated carbocycles. The van der Waals surface area contributed by atoms with Crippen LogP contribution >= 0.6 is 8.58 Å². The molecule has 0 aliphatic carbocycles. The Balaban J connectivity index is 0.000000651. The van der Waals surface area contributed by atoms with Crippen LogP contribution in [0.25, 0.3) is 64.6 Å². The third-order valence-corrected chi connectivity index (χ3v) is 9.09. The van der Waals surface area contributed by atoms with Crippen molar-refractivity contribution in [1.82, 2.24) is 0 Å². The van der Waals surface area contributed by atoms with E-state index in [1.54, 1.807) is 0 Å². The molecule has 8 rings (SSSR count). The third kappa shape index (κ3) is 4.59. The molecule has 0 aromatic heterocycles. The Hall–Kier alpha value is -5.05. The van der Waals surface area contributed by atoms with E-state index in [9.17, 15) is 0 Å². The average molecular weight is 550 g/mol. The molecule has 5 heteroatoms. The van der Waals surface area contributed by atoms with E-state index in [2.05, 4.69) is 133 Å². The molecule has 0 heterocycles. The molecule has 0 saturated heterocycles. The minimum atomic E-state index is -1.50. The van der Waals surface area contributed by atoms with E-state index in [0.717, 1.165) is 0 Å². The average Bonchev–Trinajstić information content (AvgIpc) is 2.98. The van der Waals surface area contributed by atoms with Gasteiger partial charge in [0.1, 0.15) is 0 Å². The van der Waals surface area contributed by atoms with Crippen LogP contribution in [0.4, 0.5) is 0 Å². The zero-order valence-corrected chi connectivity index (χ0v) is 22.9. The topological polar surface area (TPSA) is 63.4 Å². The zero-order valence-electron chi connectivity index (χ0n) is 21.9. The van der Waals surface area contributed by atoms with Gasteiger partial charge in [-0.05, 0) is 99.5 Å². The molecule has 196 valence electrons. The third-order valence-electron chi connectivity index (χ3n) is 7.72. The molecule has 0 atom stereocenters. The van der Waals surface area contributed by atoms with Gasteiger partial charge in [-0.2, -0.15) is 0 Å². The molecule has 0 unspecified atom stereocenters.